The monoisotopic (exact) mass is 291 g/mol. The topological polar surface area (TPSA) is 65.9 Å². The van der Waals surface area contributed by atoms with Crippen molar-refractivity contribution in [3.8, 4) is 5.75 Å². The van der Waals surface area contributed by atoms with E-state index >= 15 is 0 Å². The van der Waals surface area contributed by atoms with Gasteiger partial charge in [-0.15, -0.1) is 0 Å². The second-order valence-corrected chi connectivity index (χ2v) is 5.64. The van der Waals surface area contributed by atoms with Crippen molar-refractivity contribution in [1.29, 1.82) is 0 Å². The van der Waals surface area contributed by atoms with E-state index in [1.54, 1.807) is 23.2 Å². The molecule has 0 atom stereocenters. The predicted molar refractivity (Wildman–Crippen MR) is 78.4 cm³/mol. The summed E-state index contributed by atoms with van der Waals surface area (Å²) in [5.41, 5.74) is 0. The third kappa shape index (κ3) is 3.37. The number of amides is 1. The summed E-state index contributed by atoms with van der Waals surface area (Å²) >= 11 is 0. The molecule has 6 nitrogen and oxygen atoms in total. The van der Waals surface area contributed by atoms with Crippen LogP contribution in [0.5, 0.6) is 5.75 Å². The maximum atomic E-state index is 12.1. The van der Waals surface area contributed by atoms with Gasteiger partial charge in [0.1, 0.15) is 17.7 Å². The van der Waals surface area contributed by atoms with Crippen LogP contribution in [0.2, 0.25) is 0 Å². The largest absolute Gasteiger partial charge is 0.508 e. The van der Waals surface area contributed by atoms with E-state index in [1.165, 1.54) is 0 Å². The third-order valence-electron chi connectivity index (χ3n) is 4.16. The Hall–Kier alpha value is -1.98. The number of nitrogens with zero attached hydrogens (tertiary/aromatic N) is 3. The number of hydrogen-bond acceptors (Lipinski definition) is 5. The molecule has 1 amide bonds. The van der Waals surface area contributed by atoms with Gasteiger partial charge in [0, 0.05) is 38.4 Å². The molecule has 114 valence electrons. The standard InChI is InChI=1S/C15H21N3O3/c19-12-5-6-16-14(11-12)17-7-9-18(10-8-17)15(20)21-13-3-1-2-4-13/h5-6,11,13H,1-4,7-10H2,(H,16,19). The molecule has 21 heavy (non-hydrogen) atoms. The number of aromatic nitrogens is 1. The van der Waals surface area contributed by atoms with Crippen LogP contribution in [-0.2, 0) is 4.74 Å². The molecule has 0 radical (unpaired) electrons. The molecular formula is C15H21N3O3. The molecule has 0 spiro atoms. The van der Waals surface area contributed by atoms with Gasteiger partial charge in [0.05, 0.1) is 0 Å². The van der Waals surface area contributed by atoms with Crippen molar-refractivity contribution in [3.63, 3.8) is 0 Å². The second-order valence-electron chi connectivity index (χ2n) is 5.64. The molecule has 6 heteroatoms. The maximum Gasteiger partial charge on any atom is 0.410 e. The van der Waals surface area contributed by atoms with Gasteiger partial charge in [0.2, 0.25) is 0 Å². The molecule has 2 heterocycles. The summed E-state index contributed by atoms with van der Waals surface area (Å²) in [6.45, 7) is 2.66. The zero-order valence-corrected chi connectivity index (χ0v) is 12.1. The van der Waals surface area contributed by atoms with Gasteiger partial charge in [0.25, 0.3) is 0 Å². The van der Waals surface area contributed by atoms with Crippen molar-refractivity contribution in [2.45, 2.75) is 31.8 Å². The van der Waals surface area contributed by atoms with Crippen LogP contribution in [0, 0.1) is 0 Å². The molecule has 0 bridgehead atoms. The molecular weight excluding hydrogens is 270 g/mol. The van der Waals surface area contributed by atoms with Gasteiger partial charge in [-0.3, -0.25) is 0 Å². The lowest BCUT2D eigenvalue weighted by Gasteiger charge is -2.35. The maximum absolute atomic E-state index is 12.1. The van der Waals surface area contributed by atoms with Gasteiger partial charge < -0.3 is 19.6 Å². The van der Waals surface area contributed by atoms with Crippen LogP contribution in [0.4, 0.5) is 10.6 Å². The summed E-state index contributed by atoms with van der Waals surface area (Å²) in [5, 5.41) is 9.49. The SMILES string of the molecule is O=C(OC1CCCC1)N1CCN(c2cc(O)ccn2)CC1. The lowest BCUT2D eigenvalue weighted by atomic mass is 10.3. The Balaban J connectivity index is 1.51. The highest BCUT2D eigenvalue weighted by atomic mass is 16.6. The minimum absolute atomic E-state index is 0.114. The van der Waals surface area contributed by atoms with E-state index in [-0.39, 0.29) is 17.9 Å². The summed E-state index contributed by atoms with van der Waals surface area (Å²) in [6, 6.07) is 3.20. The molecule has 1 N–H and O–H groups in total. The average molecular weight is 291 g/mol. The van der Waals surface area contributed by atoms with E-state index in [0.717, 1.165) is 31.5 Å². The fourth-order valence-electron chi connectivity index (χ4n) is 2.92. The van der Waals surface area contributed by atoms with Gasteiger partial charge in [-0.1, -0.05) is 0 Å². The first-order valence-electron chi connectivity index (χ1n) is 7.58. The molecule has 1 saturated heterocycles. The van der Waals surface area contributed by atoms with Crippen molar-refractivity contribution >= 4 is 11.9 Å². The van der Waals surface area contributed by atoms with Crippen LogP contribution in [0.3, 0.4) is 0 Å². The summed E-state index contributed by atoms with van der Waals surface area (Å²) in [5.74, 6) is 0.960. The lowest BCUT2D eigenvalue weighted by Crippen LogP contribution is -2.49. The fourth-order valence-corrected chi connectivity index (χ4v) is 2.92. The van der Waals surface area contributed by atoms with Gasteiger partial charge in [-0.2, -0.15) is 0 Å². The first kappa shape index (κ1) is 14.0. The third-order valence-corrected chi connectivity index (χ3v) is 4.16. The number of aromatic hydroxyl groups is 1. The van der Waals surface area contributed by atoms with E-state index in [2.05, 4.69) is 9.88 Å². The minimum atomic E-state index is -0.189. The quantitative estimate of drug-likeness (QED) is 0.902. The van der Waals surface area contributed by atoms with E-state index in [1.807, 2.05) is 0 Å². The zero-order valence-electron chi connectivity index (χ0n) is 12.1. The molecule has 1 aliphatic carbocycles. The van der Waals surface area contributed by atoms with Crippen LogP contribution in [-0.4, -0.2) is 53.4 Å². The van der Waals surface area contributed by atoms with Crippen molar-refractivity contribution in [2.75, 3.05) is 31.1 Å². The first-order valence-corrected chi connectivity index (χ1v) is 7.58. The van der Waals surface area contributed by atoms with Gasteiger partial charge in [-0.05, 0) is 31.7 Å². The van der Waals surface area contributed by atoms with Gasteiger partial charge in [0.15, 0.2) is 0 Å². The van der Waals surface area contributed by atoms with Crippen LogP contribution < -0.4 is 4.90 Å². The summed E-state index contributed by atoms with van der Waals surface area (Å²) in [7, 11) is 0. The van der Waals surface area contributed by atoms with E-state index in [0.29, 0.717) is 26.2 Å². The first-order chi connectivity index (χ1) is 10.2. The highest BCUT2D eigenvalue weighted by Crippen LogP contribution is 2.22. The molecule has 1 aliphatic heterocycles. The number of piperazine rings is 1. The van der Waals surface area contributed by atoms with E-state index in [9.17, 15) is 9.90 Å². The van der Waals surface area contributed by atoms with Crippen LogP contribution in [0.15, 0.2) is 18.3 Å². The molecule has 1 aromatic rings. The Morgan fingerprint density at radius 3 is 2.62 bits per heavy atom. The number of ether oxygens (including phenoxy) is 1. The summed E-state index contributed by atoms with van der Waals surface area (Å²) in [4.78, 5) is 20.2. The lowest BCUT2D eigenvalue weighted by molar-refractivity contribution is 0.0638. The summed E-state index contributed by atoms with van der Waals surface area (Å²) < 4.78 is 5.52. The predicted octanol–water partition coefficient (Wildman–Crippen LogP) is 1.99. The second kappa shape index (κ2) is 6.20. The van der Waals surface area contributed by atoms with Crippen LogP contribution in [0.25, 0.3) is 0 Å². The molecule has 2 fully saturated rings. The number of carbonyl (C=O) groups excluding carboxylic acids is 1. The Morgan fingerprint density at radius 1 is 1.24 bits per heavy atom. The van der Waals surface area contributed by atoms with Crippen molar-refractivity contribution < 1.29 is 14.6 Å². The molecule has 1 saturated carbocycles. The number of pyridine rings is 1. The Labute approximate surface area is 124 Å². The number of rotatable bonds is 2. The number of hydrogen-bond donors (Lipinski definition) is 1. The van der Waals surface area contributed by atoms with Crippen molar-refractivity contribution in [1.82, 2.24) is 9.88 Å². The molecule has 0 unspecified atom stereocenters. The molecule has 2 aliphatic rings. The Bertz CT molecular complexity index is 495. The Kier molecular flexibility index (Phi) is 4.13. The minimum Gasteiger partial charge on any atom is -0.508 e. The van der Waals surface area contributed by atoms with E-state index in [4.69, 9.17) is 4.74 Å². The van der Waals surface area contributed by atoms with Crippen LogP contribution in [0.1, 0.15) is 25.7 Å². The number of carbonyl (C=O) groups is 1. The zero-order chi connectivity index (χ0) is 14.7. The molecule has 3 rings (SSSR count). The van der Waals surface area contributed by atoms with Gasteiger partial charge in [-0.25, -0.2) is 9.78 Å². The smallest absolute Gasteiger partial charge is 0.410 e. The van der Waals surface area contributed by atoms with E-state index < -0.39 is 0 Å². The average Bonchev–Trinajstić information content (AvgIpc) is 3.00. The van der Waals surface area contributed by atoms with Crippen LogP contribution >= 0.6 is 0 Å². The normalized spacial score (nSPS) is 19.8. The molecule has 1 aromatic heterocycles. The van der Waals surface area contributed by atoms with Crippen molar-refractivity contribution in [2.24, 2.45) is 0 Å². The highest BCUT2D eigenvalue weighted by Gasteiger charge is 2.26. The summed E-state index contributed by atoms with van der Waals surface area (Å²) in [6.07, 6.45) is 5.83. The fraction of sp³-hybridized carbons (Fsp3) is 0.600. The number of anilines is 1. The highest BCUT2D eigenvalue weighted by molar-refractivity contribution is 5.68. The Morgan fingerprint density at radius 2 is 1.95 bits per heavy atom. The van der Waals surface area contributed by atoms with Gasteiger partial charge >= 0.3 is 6.09 Å². The molecule has 0 aromatic carbocycles. The van der Waals surface area contributed by atoms with Crippen molar-refractivity contribution in [3.05, 3.63) is 18.3 Å².